The summed E-state index contributed by atoms with van der Waals surface area (Å²) < 4.78 is 29.0. The predicted molar refractivity (Wildman–Crippen MR) is 77.8 cm³/mol. The molecule has 0 bridgehead atoms. The lowest BCUT2D eigenvalue weighted by Crippen LogP contribution is -1.99. The third kappa shape index (κ3) is 2.03. The Kier molecular flexibility index (Phi) is 3.07. The number of fused-ring (bicyclic) bond motifs is 1. The largest absolute Gasteiger partial charge is 0.328 e. The van der Waals surface area contributed by atoms with Crippen LogP contribution < -0.4 is 0 Å². The molecule has 1 heterocycles. The summed E-state index contributed by atoms with van der Waals surface area (Å²) in [4.78, 5) is 2.72. The number of nitrogens with zero attached hydrogens (tertiary/aromatic N) is 2. The number of H-pyrrole nitrogens is 1. The third-order valence-corrected chi connectivity index (χ3v) is 3.60. The van der Waals surface area contributed by atoms with Gasteiger partial charge in [0.2, 0.25) is 0 Å². The quantitative estimate of drug-likeness (QED) is 0.686. The predicted octanol–water partition coefficient (Wildman–Crippen LogP) is 4.15. The van der Waals surface area contributed by atoms with Gasteiger partial charge in [0.25, 0.3) is 0 Å². The molecule has 0 aliphatic rings. The van der Waals surface area contributed by atoms with Crippen LogP contribution in [0.1, 0.15) is 11.1 Å². The summed E-state index contributed by atoms with van der Waals surface area (Å²) in [5.74, 6) is -1.42. The van der Waals surface area contributed by atoms with Crippen LogP contribution in [0.25, 0.3) is 16.7 Å². The molecule has 3 nitrogen and oxygen atoms in total. The fourth-order valence-electron chi connectivity index (χ4n) is 2.36. The lowest BCUT2D eigenvalue weighted by molar-refractivity contribution is 0.590. The molecule has 104 valence electrons. The number of nitriles is 1. The van der Waals surface area contributed by atoms with E-state index >= 15 is 0 Å². The number of hydrogen-bond acceptors (Lipinski definition) is 2. The molecular weight excluding hydrogens is 292 g/mol. The van der Waals surface area contributed by atoms with Gasteiger partial charge in [0.1, 0.15) is 17.4 Å². The van der Waals surface area contributed by atoms with Crippen LogP contribution in [0.15, 0.2) is 30.3 Å². The average molecular weight is 301 g/mol. The second-order valence-electron chi connectivity index (χ2n) is 4.63. The van der Waals surface area contributed by atoms with E-state index in [1.807, 2.05) is 0 Å². The molecular formula is C15H9F2N3S. The Morgan fingerprint density at radius 1 is 1.29 bits per heavy atom. The Bertz CT molecular complexity index is 963. The van der Waals surface area contributed by atoms with Crippen molar-refractivity contribution in [1.82, 2.24) is 9.55 Å². The molecule has 6 heteroatoms. The van der Waals surface area contributed by atoms with E-state index < -0.39 is 11.6 Å². The van der Waals surface area contributed by atoms with Crippen molar-refractivity contribution in [3.05, 3.63) is 57.9 Å². The number of aromatic nitrogens is 2. The minimum Gasteiger partial charge on any atom is -0.328 e. The third-order valence-electron chi connectivity index (χ3n) is 3.31. The van der Waals surface area contributed by atoms with E-state index in [9.17, 15) is 14.0 Å². The fraction of sp³-hybridized carbons (Fsp3) is 0.0667. The lowest BCUT2D eigenvalue weighted by Gasteiger charge is -2.09. The average Bonchev–Trinajstić information content (AvgIpc) is 2.75. The number of halogens is 2. The van der Waals surface area contributed by atoms with Gasteiger partial charge in [-0.05, 0) is 30.8 Å². The van der Waals surface area contributed by atoms with Crippen LogP contribution in [-0.2, 0) is 0 Å². The van der Waals surface area contributed by atoms with Gasteiger partial charge in [0.05, 0.1) is 16.8 Å². The summed E-state index contributed by atoms with van der Waals surface area (Å²) in [7, 11) is 0. The van der Waals surface area contributed by atoms with Crippen molar-refractivity contribution in [2.24, 2.45) is 0 Å². The zero-order valence-corrected chi connectivity index (χ0v) is 11.8. The second-order valence-corrected chi connectivity index (χ2v) is 5.01. The topological polar surface area (TPSA) is 44.5 Å². The lowest BCUT2D eigenvalue weighted by atomic mass is 10.1. The van der Waals surface area contributed by atoms with Crippen molar-refractivity contribution < 1.29 is 8.78 Å². The van der Waals surface area contributed by atoms with E-state index in [-0.39, 0.29) is 15.8 Å². The number of nitrogens with one attached hydrogen (secondary N) is 1. The standard InChI is InChI=1S/C15H9F2N3S/c1-8-3-2-4-12(10(8)7-18)20-13-6-9(16)5-11(17)14(13)19-15(20)21/h2-6H,1H3,(H,19,21). The number of hydrogen-bond donors (Lipinski definition) is 1. The highest BCUT2D eigenvalue weighted by molar-refractivity contribution is 7.71. The monoisotopic (exact) mass is 301 g/mol. The van der Waals surface area contributed by atoms with Gasteiger partial charge in [-0.2, -0.15) is 5.26 Å². The van der Waals surface area contributed by atoms with Crippen molar-refractivity contribution in [2.75, 3.05) is 0 Å². The molecule has 0 unspecified atom stereocenters. The van der Waals surface area contributed by atoms with Crippen molar-refractivity contribution in [2.45, 2.75) is 6.92 Å². The first-order valence-corrected chi connectivity index (χ1v) is 6.53. The number of aryl methyl sites for hydroxylation is 1. The molecule has 1 aromatic heterocycles. The molecule has 3 rings (SSSR count). The van der Waals surface area contributed by atoms with E-state index in [0.29, 0.717) is 11.3 Å². The smallest absolute Gasteiger partial charge is 0.182 e. The van der Waals surface area contributed by atoms with Crippen LogP contribution in [0.4, 0.5) is 8.78 Å². The molecule has 0 aliphatic heterocycles. The molecule has 0 radical (unpaired) electrons. The van der Waals surface area contributed by atoms with Crippen LogP contribution >= 0.6 is 12.2 Å². The molecule has 0 saturated heterocycles. The van der Waals surface area contributed by atoms with Crippen LogP contribution in [0.2, 0.25) is 0 Å². The normalized spacial score (nSPS) is 10.8. The highest BCUT2D eigenvalue weighted by Crippen LogP contribution is 2.26. The zero-order chi connectivity index (χ0) is 15.1. The van der Waals surface area contributed by atoms with Crippen LogP contribution in [-0.4, -0.2) is 9.55 Å². The Morgan fingerprint density at radius 3 is 2.76 bits per heavy atom. The van der Waals surface area contributed by atoms with Gasteiger partial charge in [-0.15, -0.1) is 0 Å². The SMILES string of the molecule is Cc1cccc(-n2c(=S)[nH]c3c(F)cc(F)cc32)c1C#N. The molecule has 2 aromatic carbocycles. The van der Waals surface area contributed by atoms with Gasteiger partial charge in [-0.25, -0.2) is 8.78 Å². The summed E-state index contributed by atoms with van der Waals surface area (Å²) in [6.07, 6.45) is 0. The zero-order valence-electron chi connectivity index (χ0n) is 10.9. The molecule has 0 spiro atoms. The van der Waals surface area contributed by atoms with E-state index in [4.69, 9.17) is 12.2 Å². The first kappa shape index (κ1) is 13.5. The Labute approximate surface area is 124 Å². The van der Waals surface area contributed by atoms with Gasteiger partial charge < -0.3 is 4.98 Å². The highest BCUT2D eigenvalue weighted by atomic mass is 32.1. The summed E-state index contributed by atoms with van der Waals surface area (Å²) in [5, 5.41) is 9.31. The maximum Gasteiger partial charge on any atom is 0.182 e. The van der Waals surface area contributed by atoms with Gasteiger partial charge in [-0.3, -0.25) is 4.57 Å². The van der Waals surface area contributed by atoms with Gasteiger partial charge in [0.15, 0.2) is 10.6 Å². The van der Waals surface area contributed by atoms with Crippen molar-refractivity contribution >= 4 is 23.3 Å². The summed E-state index contributed by atoms with van der Waals surface area (Å²) in [6.45, 7) is 1.79. The molecule has 3 aromatic rings. The van der Waals surface area contributed by atoms with Crippen LogP contribution in [0.5, 0.6) is 0 Å². The van der Waals surface area contributed by atoms with Crippen molar-refractivity contribution in [3.8, 4) is 11.8 Å². The molecule has 0 saturated carbocycles. The minimum absolute atomic E-state index is 0.117. The fourth-order valence-corrected chi connectivity index (χ4v) is 2.65. The van der Waals surface area contributed by atoms with Crippen molar-refractivity contribution in [1.29, 1.82) is 5.26 Å². The Balaban J connectivity index is 2.48. The van der Waals surface area contributed by atoms with Gasteiger partial charge in [0, 0.05) is 12.1 Å². The Hall–Kier alpha value is -2.52. The molecule has 0 aliphatic carbocycles. The summed E-state index contributed by atoms with van der Waals surface area (Å²) >= 11 is 5.20. The van der Waals surface area contributed by atoms with E-state index in [1.165, 1.54) is 10.6 Å². The molecule has 0 amide bonds. The van der Waals surface area contributed by atoms with Gasteiger partial charge in [-0.1, -0.05) is 12.1 Å². The molecule has 0 fully saturated rings. The Morgan fingerprint density at radius 2 is 2.05 bits per heavy atom. The van der Waals surface area contributed by atoms with Crippen LogP contribution in [0.3, 0.4) is 0 Å². The van der Waals surface area contributed by atoms with E-state index in [1.54, 1.807) is 25.1 Å². The first-order chi connectivity index (χ1) is 10.0. The number of imidazole rings is 1. The number of rotatable bonds is 1. The second kappa shape index (κ2) is 4.79. The number of benzene rings is 2. The summed E-state index contributed by atoms with van der Waals surface area (Å²) in [6, 6.07) is 9.34. The van der Waals surface area contributed by atoms with Crippen molar-refractivity contribution in [3.63, 3.8) is 0 Å². The first-order valence-electron chi connectivity index (χ1n) is 6.13. The maximum atomic E-state index is 13.8. The molecule has 21 heavy (non-hydrogen) atoms. The molecule has 0 atom stereocenters. The summed E-state index contributed by atoms with van der Waals surface area (Å²) in [5.41, 5.74) is 2.06. The highest BCUT2D eigenvalue weighted by Gasteiger charge is 2.15. The maximum absolute atomic E-state index is 13.8. The van der Waals surface area contributed by atoms with Gasteiger partial charge >= 0.3 is 0 Å². The van der Waals surface area contributed by atoms with Crippen LogP contribution in [0, 0.1) is 34.7 Å². The molecule has 1 N–H and O–H groups in total. The minimum atomic E-state index is -0.721. The van der Waals surface area contributed by atoms with E-state index in [2.05, 4.69) is 11.1 Å². The van der Waals surface area contributed by atoms with E-state index in [0.717, 1.165) is 11.6 Å². The number of aromatic amines is 1.